The van der Waals surface area contributed by atoms with E-state index < -0.39 is 0 Å². The molecule has 0 radical (unpaired) electrons. The summed E-state index contributed by atoms with van der Waals surface area (Å²) in [6.45, 7) is 10.6. The first-order chi connectivity index (χ1) is 8.85. The van der Waals surface area contributed by atoms with Crippen LogP contribution in [0.25, 0.3) is 5.57 Å². The number of ether oxygens (including phenoxy) is 1. The van der Waals surface area contributed by atoms with Crippen molar-refractivity contribution < 1.29 is 9.53 Å². The van der Waals surface area contributed by atoms with Crippen LogP contribution in [0.5, 0.6) is 0 Å². The Balaban J connectivity index is 3.42. The SMILES string of the molecule is C/C=C(/c1cc(C(=O)OC)ccc1[CH+]C)C(C)(C)C. The van der Waals surface area contributed by atoms with Crippen molar-refractivity contribution >= 4 is 11.5 Å². The lowest BCUT2D eigenvalue weighted by Crippen LogP contribution is -2.11. The standard InChI is InChI=1S/C17H23O2/c1-7-12-9-10-13(16(18)19-6)11-14(12)15(8-2)17(3,4)5/h7-11H,1-6H3/q+1/b15-8-. The van der Waals surface area contributed by atoms with Gasteiger partial charge in [0.15, 0.2) is 0 Å². The van der Waals surface area contributed by atoms with Crippen molar-refractivity contribution in [2.45, 2.75) is 34.6 Å². The summed E-state index contributed by atoms with van der Waals surface area (Å²) in [5.41, 5.74) is 4.08. The highest BCUT2D eigenvalue weighted by atomic mass is 16.5. The van der Waals surface area contributed by atoms with Gasteiger partial charge in [-0.1, -0.05) is 26.8 Å². The molecule has 1 aromatic rings. The molecular formula is C17H23O2+. The van der Waals surface area contributed by atoms with Crippen LogP contribution in [-0.2, 0) is 4.74 Å². The Morgan fingerprint density at radius 1 is 1.32 bits per heavy atom. The third kappa shape index (κ3) is 3.40. The summed E-state index contributed by atoms with van der Waals surface area (Å²) in [5, 5.41) is 0. The zero-order chi connectivity index (χ0) is 14.6. The molecule has 0 amide bonds. The largest absolute Gasteiger partial charge is 0.465 e. The number of esters is 1. The third-order valence-corrected chi connectivity index (χ3v) is 3.17. The van der Waals surface area contributed by atoms with Gasteiger partial charge in [-0.3, -0.25) is 0 Å². The Morgan fingerprint density at radius 3 is 2.37 bits per heavy atom. The molecule has 0 aliphatic carbocycles. The lowest BCUT2D eigenvalue weighted by atomic mass is 9.79. The summed E-state index contributed by atoms with van der Waals surface area (Å²) in [4.78, 5) is 11.7. The molecule has 0 heterocycles. The molecule has 2 heteroatoms. The number of rotatable bonds is 3. The number of benzene rings is 1. The van der Waals surface area contributed by atoms with Gasteiger partial charge in [-0.2, -0.15) is 0 Å². The maximum Gasteiger partial charge on any atom is 0.340 e. The Morgan fingerprint density at radius 2 is 1.95 bits per heavy atom. The summed E-state index contributed by atoms with van der Waals surface area (Å²) in [5.74, 6) is -0.298. The topological polar surface area (TPSA) is 26.3 Å². The number of methoxy groups -OCH3 is 1. The van der Waals surface area contributed by atoms with Crippen LogP contribution in [0.15, 0.2) is 24.3 Å². The third-order valence-electron chi connectivity index (χ3n) is 3.17. The molecule has 0 N–H and O–H groups in total. The minimum absolute atomic E-state index is 0.0290. The highest BCUT2D eigenvalue weighted by molar-refractivity contribution is 5.91. The van der Waals surface area contributed by atoms with Crippen molar-refractivity contribution in [3.8, 4) is 0 Å². The quantitative estimate of drug-likeness (QED) is 0.590. The van der Waals surface area contributed by atoms with Gasteiger partial charge < -0.3 is 4.74 Å². The van der Waals surface area contributed by atoms with Crippen molar-refractivity contribution in [3.63, 3.8) is 0 Å². The van der Waals surface area contributed by atoms with Crippen LogP contribution in [0.3, 0.4) is 0 Å². The van der Waals surface area contributed by atoms with Gasteiger partial charge in [-0.15, -0.1) is 0 Å². The molecule has 0 aliphatic heterocycles. The first kappa shape index (κ1) is 15.4. The highest BCUT2D eigenvalue weighted by Gasteiger charge is 2.26. The van der Waals surface area contributed by atoms with E-state index in [-0.39, 0.29) is 11.4 Å². The predicted octanol–water partition coefficient (Wildman–Crippen LogP) is 4.49. The van der Waals surface area contributed by atoms with E-state index in [2.05, 4.69) is 33.3 Å². The van der Waals surface area contributed by atoms with Crippen molar-refractivity contribution in [2.24, 2.45) is 5.41 Å². The smallest absolute Gasteiger partial charge is 0.340 e. The van der Waals surface area contributed by atoms with Crippen molar-refractivity contribution in [1.82, 2.24) is 0 Å². The first-order valence-electron chi connectivity index (χ1n) is 6.54. The number of allylic oxidation sites excluding steroid dienone is 2. The number of carbonyl (C=O) groups excluding carboxylic acids is 1. The van der Waals surface area contributed by atoms with Gasteiger partial charge in [-0.05, 0) is 12.3 Å². The molecule has 0 saturated carbocycles. The monoisotopic (exact) mass is 259 g/mol. The average Bonchev–Trinajstić information content (AvgIpc) is 2.36. The zero-order valence-electron chi connectivity index (χ0n) is 12.7. The minimum atomic E-state index is -0.298. The normalized spacial score (nSPS) is 12.2. The van der Waals surface area contributed by atoms with E-state index in [1.165, 1.54) is 12.7 Å². The van der Waals surface area contributed by atoms with E-state index in [9.17, 15) is 4.79 Å². The van der Waals surface area contributed by atoms with Gasteiger partial charge in [0.2, 0.25) is 0 Å². The van der Waals surface area contributed by atoms with E-state index in [4.69, 9.17) is 4.74 Å². The van der Waals surface area contributed by atoms with Crippen LogP contribution in [0.1, 0.15) is 56.1 Å². The highest BCUT2D eigenvalue weighted by Crippen LogP contribution is 2.36. The molecule has 19 heavy (non-hydrogen) atoms. The van der Waals surface area contributed by atoms with Gasteiger partial charge in [0.05, 0.1) is 18.2 Å². The average molecular weight is 259 g/mol. The van der Waals surface area contributed by atoms with Crippen molar-refractivity contribution in [2.75, 3.05) is 7.11 Å². The van der Waals surface area contributed by atoms with Gasteiger partial charge in [0.25, 0.3) is 0 Å². The summed E-state index contributed by atoms with van der Waals surface area (Å²) in [6, 6.07) is 5.69. The molecule has 1 rings (SSSR count). The maximum absolute atomic E-state index is 11.7. The molecule has 2 nitrogen and oxygen atoms in total. The molecule has 0 spiro atoms. The Bertz CT molecular complexity index is 490. The Kier molecular flexibility index (Phi) is 4.82. The second-order valence-electron chi connectivity index (χ2n) is 5.53. The van der Waals surface area contributed by atoms with Crippen LogP contribution in [0, 0.1) is 11.8 Å². The van der Waals surface area contributed by atoms with Gasteiger partial charge >= 0.3 is 5.97 Å². The van der Waals surface area contributed by atoms with Gasteiger partial charge in [0, 0.05) is 37.1 Å². The second kappa shape index (κ2) is 5.96. The van der Waals surface area contributed by atoms with Crippen LogP contribution in [-0.4, -0.2) is 13.1 Å². The molecular weight excluding hydrogens is 236 g/mol. The fourth-order valence-electron chi connectivity index (χ4n) is 2.28. The maximum atomic E-state index is 11.7. The Hall–Kier alpha value is -1.70. The number of hydrogen-bond acceptors (Lipinski definition) is 2. The van der Waals surface area contributed by atoms with Gasteiger partial charge in [-0.25, -0.2) is 4.79 Å². The second-order valence-corrected chi connectivity index (χ2v) is 5.53. The van der Waals surface area contributed by atoms with E-state index in [1.54, 1.807) is 6.07 Å². The van der Waals surface area contributed by atoms with E-state index in [1.807, 2.05) is 26.0 Å². The minimum Gasteiger partial charge on any atom is -0.465 e. The lowest BCUT2D eigenvalue weighted by molar-refractivity contribution is 0.0600. The number of carbonyl (C=O) groups is 1. The first-order valence-corrected chi connectivity index (χ1v) is 6.54. The molecule has 0 atom stereocenters. The summed E-state index contributed by atoms with van der Waals surface area (Å²) in [7, 11) is 1.40. The molecule has 0 fully saturated rings. The van der Waals surface area contributed by atoms with E-state index in [0.717, 1.165) is 11.1 Å². The molecule has 0 unspecified atom stereocenters. The van der Waals surface area contributed by atoms with E-state index >= 15 is 0 Å². The van der Waals surface area contributed by atoms with Crippen LogP contribution in [0.4, 0.5) is 0 Å². The van der Waals surface area contributed by atoms with Crippen LogP contribution in [0.2, 0.25) is 0 Å². The fourth-order valence-corrected chi connectivity index (χ4v) is 2.28. The van der Waals surface area contributed by atoms with Gasteiger partial charge in [0.1, 0.15) is 5.56 Å². The van der Waals surface area contributed by atoms with E-state index in [0.29, 0.717) is 5.56 Å². The lowest BCUT2D eigenvalue weighted by Gasteiger charge is -2.21. The summed E-state index contributed by atoms with van der Waals surface area (Å²) >= 11 is 0. The Labute approximate surface area is 116 Å². The zero-order valence-corrected chi connectivity index (χ0v) is 12.7. The van der Waals surface area contributed by atoms with Crippen molar-refractivity contribution in [1.29, 1.82) is 0 Å². The molecule has 0 aromatic heterocycles. The molecule has 0 aliphatic rings. The predicted molar refractivity (Wildman–Crippen MR) is 80.0 cm³/mol. The summed E-state index contributed by atoms with van der Waals surface area (Å²) < 4.78 is 4.80. The van der Waals surface area contributed by atoms with Crippen molar-refractivity contribution in [3.05, 3.63) is 47.4 Å². The molecule has 1 aromatic carbocycles. The fraction of sp³-hybridized carbons (Fsp3) is 0.412. The van der Waals surface area contributed by atoms with Crippen LogP contribution >= 0.6 is 0 Å². The molecule has 0 saturated heterocycles. The molecule has 0 bridgehead atoms. The molecule has 102 valence electrons. The number of hydrogen-bond donors (Lipinski definition) is 0. The summed E-state index contributed by atoms with van der Waals surface area (Å²) in [6.07, 6.45) is 4.18. The van der Waals surface area contributed by atoms with Crippen LogP contribution < -0.4 is 0 Å².